The van der Waals surface area contributed by atoms with Crippen molar-refractivity contribution in [2.45, 2.75) is 673 Å². The van der Waals surface area contributed by atoms with Gasteiger partial charge in [-0.3, -0.25) is 0 Å². The Morgan fingerprint density at radius 1 is 0.230 bits per heavy atom. The minimum atomic E-state index is -1.94. The van der Waals surface area contributed by atoms with Gasteiger partial charge < -0.3 is 39.6 Å². The molecule has 0 aliphatic carbocycles. The second-order valence-electron chi connectivity index (χ2n) is 40.6. The molecule has 139 heavy (non-hydrogen) atoms. The van der Waals surface area contributed by atoms with Gasteiger partial charge in [0, 0.05) is 23.9 Å². The standard InChI is InChI=1S/4C21H42O2S.4C8H17.C4H7O3S2.2Sn/c4*1-2-3-4-5-6-7-8-9-10-11-12-13-14-15-16-17-19-24-20-18-21(22)23;4*1-3-5-7-8-6-4-2;5-1-2-7-3(6)4(8)9;;/h4*2-20H2,1H3,(H,22,23);4*1,3-8H2,2H3;1,4-5,8-9H,2H2;;/q;;;;;;;;;+1;+2/p-4. The van der Waals surface area contributed by atoms with E-state index in [1.165, 1.54) is 561 Å². The summed E-state index contributed by atoms with van der Waals surface area (Å²) in [5.41, 5.74) is 0. The fourth-order valence-electron chi connectivity index (χ4n) is 17.3. The summed E-state index contributed by atoms with van der Waals surface area (Å²) >= 11 is 13.0. The van der Waals surface area contributed by atoms with Gasteiger partial charge in [0.2, 0.25) is 0 Å². The Bertz CT molecular complexity index is 2010. The first-order valence-electron chi connectivity index (χ1n) is 60.9. The van der Waals surface area contributed by atoms with Crippen LogP contribution in [0.5, 0.6) is 0 Å². The van der Waals surface area contributed by atoms with Gasteiger partial charge in [-0.15, -0.1) is 0 Å². The number of ether oxygens (including phenoxy) is 1. The molecule has 0 aliphatic rings. The third-order valence-corrected chi connectivity index (χ3v) is 44.1. The van der Waals surface area contributed by atoms with Gasteiger partial charge in [0.25, 0.3) is 0 Å². The maximum atomic E-state index is 11.5. The first-order valence-corrected chi connectivity index (χ1v) is 76.3. The zero-order chi connectivity index (χ0) is 103. The fraction of sp³-hybridized carbons (Fsp3) is 0.958. The van der Waals surface area contributed by atoms with Gasteiger partial charge in [-0.25, -0.2) is 0 Å². The third-order valence-electron chi connectivity index (χ3n) is 26.6. The Morgan fingerprint density at radius 2 is 0.374 bits per heavy atom. The van der Waals surface area contributed by atoms with Crippen LogP contribution in [-0.4, -0.2) is 137 Å². The van der Waals surface area contributed by atoms with Crippen LogP contribution in [-0.2, 0) is 28.7 Å². The molecule has 1 atom stereocenters. The zero-order valence-electron chi connectivity index (χ0n) is 94.0. The number of aliphatic carboxylic acids is 4. The van der Waals surface area contributed by atoms with Gasteiger partial charge in [0.05, 0.1) is 0 Å². The van der Waals surface area contributed by atoms with E-state index in [-0.39, 0.29) is 57.6 Å². The average molecular weight is 2290 g/mol. The summed E-state index contributed by atoms with van der Waals surface area (Å²) in [6.45, 7) is 18.4. The molecule has 11 nitrogen and oxygen atoms in total. The number of rotatable bonds is 112. The van der Waals surface area contributed by atoms with E-state index >= 15 is 0 Å². The van der Waals surface area contributed by atoms with E-state index in [1.54, 1.807) is 68.8 Å². The summed E-state index contributed by atoms with van der Waals surface area (Å²) in [6.07, 6.45) is 124. The molecule has 0 aromatic carbocycles. The number of esters is 1. The van der Waals surface area contributed by atoms with E-state index in [9.17, 15) is 49.5 Å². The fourth-order valence-corrected chi connectivity index (χ4v) is 32.3. The molecule has 1 N–H and O–H groups in total. The van der Waals surface area contributed by atoms with Crippen LogP contribution in [0, 0.1) is 0 Å². The number of thioether (sulfide) groups is 4. The number of thiol groups is 2. The molecule has 0 bridgehead atoms. The van der Waals surface area contributed by atoms with Gasteiger partial charge in [-0.05, 0) is 97.4 Å². The molecule has 0 aromatic heterocycles. The molecule has 0 heterocycles. The van der Waals surface area contributed by atoms with E-state index in [0.717, 1.165) is 23.0 Å². The SMILES string of the molecule is CCCCCCCCCCCCCCCCCCSCCC(=O)[O-].CCCCCCCCCCCCCCCCCCSCCC(=O)[O-].CCCCCCCCCCCCCCCCCCSCCC(=O)[O-].CCCCCCCCCCCCCCCCCCSCCC(=O)[O-].CCCCCCC[CH2][Sn+2][CH2]CCCCCCC.CCCCCCC[CH2][Sn+]([CH2]CCCCCCC)[CH](O)COC(=O)C(S)S. The van der Waals surface area contributed by atoms with Crippen molar-refractivity contribution in [2.75, 3.05) is 52.6 Å². The topological polar surface area (TPSA) is 207 Å². The van der Waals surface area contributed by atoms with Gasteiger partial charge in [0.15, 0.2) is 0 Å². The number of unbranched alkanes of at least 4 members (excludes halogenated alkanes) is 80. The van der Waals surface area contributed by atoms with Crippen LogP contribution in [0.15, 0.2) is 0 Å². The van der Waals surface area contributed by atoms with Crippen LogP contribution in [0.3, 0.4) is 0 Å². The van der Waals surface area contributed by atoms with E-state index in [2.05, 4.69) is 80.6 Å². The summed E-state index contributed by atoms with van der Waals surface area (Å²) < 4.78 is 9.82. The average Bonchev–Trinajstić information content (AvgIpc) is 0.925. The molecule has 0 spiro atoms. The Balaban J connectivity index is -0.000000383. The van der Waals surface area contributed by atoms with Crippen LogP contribution < -0.4 is 20.4 Å². The number of carboxylic acids is 4. The number of carbonyl (C=O) groups is 5. The van der Waals surface area contributed by atoms with Gasteiger partial charge in [-0.2, -0.15) is 47.0 Å². The second-order valence-corrected chi connectivity index (χ2v) is 59.8. The predicted molar refractivity (Wildman–Crippen MR) is 629 cm³/mol. The van der Waals surface area contributed by atoms with E-state index in [4.69, 9.17) is 4.74 Å². The van der Waals surface area contributed by atoms with Crippen molar-refractivity contribution in [3.63, 3.8) is 0 Å². The summed E-state index contributed by atoms with van der Waals surface area (Å²) in [5, 5.41) is 51.6. The number of hydrogen-bond acceptors (Lipinski definition) is 17. The summed E-state index contributed by atoms with van der Waals surface area (Å²) in [6, 6.07) is 0. The van der Waals surface area contributed by atoms with Crippen LogP contribution >= 0.6 is 72.3 Å². The molecule has 0 aliphatic heterocycles. The van der Waals surface area contributed by atoms with Crippen LogP contribution in [0.2, 0.25) is 17.7 Å². The molecule has 0 aromatic rings. The van der Waals surface area contributed by atoms with E-state index in [1.807, 2.05) is 0 Å². The van der Waals surface area contributed by atoms with Gasteiger partial charge in [0.1, 0.15) is 0 Å². The molecule has 830 valence electrons. The van der Waals surface area contributed by atoms with Crippen molar-refractivity contribution in [1.82, 2.24) is 0 Å². The normalized spacial score (nSPS) is 11.2. The summed E-state index contributed by atoms with van der Waals surface area (Å²) in [4.78, 5) is 52.6. The Morgan fingerprint density at radius 3 is 0.525 bits per heavy atom. The van der Waals surface area contributed by atoms with E-state index in [0.29, 0.717) is 23.0 Å². The number of aliphatic hydroxyl groups is 1. The van der Waals surface area contributed by atoms with Crippen LogP contribution in [0.1, 0.15) is 646 Å². The quantitative estimate of drug-likeness (QED) is 0.0170. The number of carbonyl (C=O) groups excluding carboxylic acids is 5. The Kier molecular flexibility index (Phi) is 155. The first kappa shape index (κ1) is 151. The number of carboxylic acid groups (broad SMARTS) is 4. The van der Waals surface area contributed by atoms with Crippen molar-refractivity contribution in [3.05, 3.63) is 0 Å². The van der Waals surface area contributed by atoms with Gasteiger partial charge in [-0.1, -0.05) is 413 Å². The minimum absolute atomic E-state index is 0.0736. The molecule has 0 radical (unpaired) electrons. The molecule has 19 heteroatoms. The van der Waals surface area contributed by atoms with Crippen LogP contribution in [0.4, 0.5) is 0 Å². The van der Waals surface area contributed by atoms with Crippen molar-refractivity contribution >= 4 is 143 Å². The Labute approximate surface area is 914 Å². The first-order chi connectivity index (χ1) is 68.0. The van der Waals surface area contributed by atoms with Crippen molar-refractivity contribution in [1.29, 1.82) is 0 Å². The molecule has 0 fully saturated rings. The summed E-state index contributed by atoms with van der Waals surface area (Å²) in [7, 11) is 0. The number of aliphatic hydroxyl groups excluding tert-OH is 1. The van der Waals surface area contributed by atoms with Crippen molar-refractivity contribution in [2.24, 2.45) is 0 Å². The maximum absolute atomic E-state index is 11.5. The van der Waals surface area contributed by atoms with Gasteiger partial charge >= 0.3 is 302 Å². The predicted octanol–water partition coefficient (Wildman–Crippen LogP) is 36.6. The molecule has 0 amide bonds. The molecular weight excluding hydrogens is 2050 g/mol. The molecule has 1 unspecified atom stereocenters. The zero-order valence-corrected chi connectivity index (χ0v) is 105. The van der Waals surface area contributed by atoms with Crippen LogP contribution in [0.25, 0.3) is 0 Å². The molecule has 0 saturated heterocycles. The third kappa shape index (κ3) is 159. The molecule has 0 saturated carbocycles. The second kappa shape index (κ2) is 143. The van der Waals surface area contributed by atoms with E-state index < -0.39 is 54.2 Å². The summed E-state index contributed by atoms with van der Waals surface area (Å²) in [5.74, 6) is 3.12. The monoisotopic (exact) mass is 2290 g/mol. The number of hydrogen-bond donors (Lipinski definition) is 3. The molecule has 0 rings (SSSR count). The van der Waals surface area contributed by atoms with Crippen molar-refractivity contribution in [3.8, 4) is 0 Å². The molecular formula is C120H239O11S6Sn2-. The van der Waals surface area contributed by atoms with Crippen molar-refractivity contribution < 1.29 is 54.2 Å². The Hall–Kier alpha value is 1.01.